The number of ether oxygens (including phenoxy) is 1. The van der Waals surface area contributed by atoms with Crippen LogP contribution in [0.1, 0.15) is 16.9 Å². The predicted octanol–water partition coefficient (Wildman–Crippen LogP) is 5.16. The van der Waals surface area contributed by atoms with E-state index in [-0.39, 0.29) is 27.7 Å². The van der Waals surface area contributed by atoms with Crippen molar-refractivity contribution in [2.75, 3.05) is 19.0 Å². The minimum Gasteiger partial charge on any atom is -0.497 e. The Bertz CT molecular complexity index is 1430. The summed E-state index contributed by atoms with van der Waals surface area (Å²) in [5.41, 5.74) is 2.54. The van der Waals surface area contributed by atoms with E-state index in [1.807, 2.05) is 26.0 Å². The van der Waals surface area contributed by atoms with Crippen LogP contribution in [0.25, 0.3) is 17.4 Å². The van der Waals surface area contributed by atoms with Crippen LogP contribution in [0.4, 0.5) is 16.2 Å². The van der Waals surface area contributed by atoms with E-state index in [0.29, 0.717) is 23.2 Å². The van der Waals surface area contributed by atoms with E-state index in [2.05, 4.69) is 5.32 Å². The van der Waals surface area contributed by atoms with Crippen molar-refractivity contribution in [1.29, 1.82) is 0 Å². The third-order valence-corrected chi connectivity index (χ3v) is 6.31. The molecule has 0 spiro atoms. The summed E-state index contributed by atoms with van der Waals surface area (Å²) < 4.78 is 10.7. The van der Waals surface area contributed by atoms with Gasteiger partial charge < -0.3 is 14.5 Å². The quantitative estimate of drug-likeness (QED) is 0.264. The number of furan rings is 1. The number of methoxy groups -OCH3 is 1. The first-order valence-corrected chi connectivity index (χ1v) is 11.5. The molecule has 1 fully saturated rings. The number of benzene rings is 2. The van der Waals surface area contributed by atoms with Gasteiger partial charge in [-0.1, -0.05) is 17.7 Å². The van der Waals surface area contributed by atoms with Crippen LogP contribution in [0.15, 0.2) is 57.9 Å². The van der Waals surface area contributed by atoms with Gasteiger partial charge in [-0.3, -0.25) is 29.4 Å². The number of imide groups is 1. The monoisotopic (exact) mass is 507 g/mol. The number of anilines is 1. The highest BCUT2D eigenvalue weighted by molar-refractivity contribution is 8.18. The maximum atomic E-state index is 12.8. The van der Waals surface area contributed by atoms with Gasteiger partial charge in [0.1, 0.15) is 23.8 Å². The number of carbonyl (C=O) groups excluding carboxylic acids is 3. The van der Waals surface area contributed by atoms with E-state index in [1.165, 1.54) is 37.5 Å². The predicted molar refractivity (Wildman–Crippen MR) is 135 cm³/mol. The Kier molecular flexibility index (Phi) is 6.93. The Morgan fingerprint density at radius 3 is 2.64 bits per heavy atom. The third kappa shape index (κ3) is 5.15. The molecule has 0 aliphatic carbocycles. The largest absolute Gasteiger partial charge is 0.497 e. The molecule has 1 saturated heterocycles. The number of thioether (sulfide) groups is 1. The normalized spacial score (nSPS) is 14.4. The van der Waals surface area contributed by atoms with Gasteiger partial charge in [0.2, 0.25) is 5.91 Å². The minimum atomic E-state index is -0.630. The highest BCUT2D eigenvalue weighted by Gasteiger charge is 2.36. The lowest BCUT2D eigenvalue weighted by molar-refractivity contribution is -0.384. The number of rotatable bonds is 7. The molecule has 10 nitrogen and oxygen atoms in total. The molecule has 0 saturated carbocycles. The summed E-state index contributed by atoms with van der Waals surface area (Å²) in [4.78, 5) is 49.6. The highest BCUT2D eigenvalue weighted by Crippen LogP contribution is 2.36. The van der Waals surface area contributed by atoms with Crippen molar-refractivity contribution in [3.05, 3.63) is 80.4 Å². The van der Waals surface area contributed by atoms with Crippen LogP contribution in [-0.4, -0.2) is 40.5 Å². The summed E-state index contributed by atoms with van der Waals surface area (Å²) in [5, 5.41) is 13.6. The molecule has 0 bridgehead atoms. The van der Waals surface area contributed by atoms with Crippen LogP contribution in [0, 0.1) is 24.0 Å². The van der Waals surface area contributed by atoms with Crippen LogP contribution in [0.3, 0.4) is 0 Å². The van der Waals surface area contributed by atoms with Gasteiger partial charge in [-0.25, -0.2) is 0 Å². The SMILES string of the molecule is COc1ccc(-c2ccc(/C=C3/SC(=O)N(CC(=O)Nc4ccc(C)cc4C)C3=O)o2)c([N+](=O)[O-])c1. The van der Waals surface area contributed by atoms with Gasteiger partial charge in [0.05, 0.1) is 28.6 Å². The van der Waals surface area contributed by atoms with Gasteiger partial charge in [-0.15, -0.1) is 0 Å². The van der Waals surface area contributed by atoms with E-state index in [0.717, 1.165) is 16.0 Å². The van der Waals surface area contributed by atoms with Gasteiger partial charge >= 0.3 is 0 Å². The number of amides is 3. The maximum Gasteiger partial charge on any atom is 0.294 e. The zero-order valence-corrected chi connectivity index (χ0v) is 20.4. The Morgan fingerprint density at radius 2 is 1.94 bits per heavy atom. The molecule has 1 N–H and O–H groups in total. The molecular weight excluding hydrogens is 486 g/mol. The fraction of sp³-hybridized carbons (Fsp3) is 0.160. The van der Waals surface area contributed by atoms with Crippen molar-refractivity contribution in [2.45, 2.75) is 13.8 Å². The number of hydrogen-bond acceptors (Lipinski definition) is 8. The van der Waals surface area contributed by atoms with Crippen molar-refractivity contribution < 1.29 is 28.5 Å². The first-order valence-electron chi connectivity index (χ1n) is 10.7. The van der Waals surface area contributed by atoms with E-state index in [9.17, 15) is 24.5 Å². The van der Waals surface area contributed by atoms with Crippen molar-refractivity contribution in [2.24, 2.45) is 0 Å². The second kappa shape index (κ2) is 10.1. The number of hydrogen-bond donors (Lipinski definition) is 1. The molecule has 3 aromatic rings. The first-order chi connectivity index (χ1) is 17.2. The third-order valence-electron chi connectivity index (χ3n) is 5.40. The summed E-state index contributed by atoms with van der Waals surface area (Å²) in [6.07, 6.45) is 1.37. The molecule has 1 aromatic heterocycles. The van der Waals surface area contributed by atoms with Gasteiger partial charge in [-0.2, -0.15) is 0 Å². The Balaban J connectivity index is 1.50. The number of nitrogens with zero attached hydrogens (tertiary/aromatic N) is 2. The highest BCUT2D eigenvalue weighted by atomic mass is 32.2. The van der Waals surface area contributed by atoms with Crippen LogP contribution >= 0.6 is 11.8 Å². The van der Waals surface area contributed by atoms with Crippen molar-refractivity contribution in [3.8, 4) is 17.1 Å². The Labute approximate surface area is 210 Å². The molecule has 4 rings (SSSR count). The summed E-state index contributed by atoms with van der Waals surface area (Å²) >= 11 is 0.682. The van der Waals surface area contributed by atoms with E-state index < -0.39 is 28.5 Å². The van der Waals surface area contributed by atoms with Crippen LogP contribution in [0.5, 0.6) is 5.75 Å². The van der Waals surface area contributed by atoms with Gasteiger partial charge in [0.15, 0.2) is 0 Å². The number of nitro benzene ring substituents is 1. The van der Waals surface area contributed by atoms with Crippen LogP contribution in [0.2, 0.25) is 0 Å². The molecule has 36 heavy (non-hydrogen) atoms. The van der Waals surface area contributed by atoms with Gasteiger partial charge in [0, 0.05) is 11.8 Å². The molecule has 1 aliphatic rings. The Morgan fingerprint density at radius 1 is 1.17 bits per heavy atom. The van der Waals surface area contributed by atoms with Crippen molar-refractivity contribution >= 4 is 46.3 Å². The summed E-state index contributed by atoms with van der Waals surface area (Å²) in [6.45, 7) is 3.35. The van der Waals surface area contributed by atoms with Crippen molar-refractivity contribution in [3.63, 3.8) is 0 Å². The van der Waals surface area contributed by atoms with Crippen LogP contribution < -0.4 is 10.1 Å². The second-order valence-corrected chi connectivity index (χ2v) is 8.97. The number of nitro groups is 1. The fourth-order valence-corrected chi connectivity index (χ4v) is 4.44. The average molecular weight is 508 g/mol. The van der Waals surface area contributed by atoms with E-state index >= 15 is 0 Å². The zero-order chi connectivity index (χ0) is 26.0. The van der Waals surface area contributed by atoms with Gasteiger partial charge in [0.25, 0.3) is 16.8 Å². The molecule has 0 unspecified atom stereocenters. The molecule has 2 aromatic carbocycles. The molecule has 0 atom stereocenters. The molecule has 11 heteroatoms. The minimum absolute atomic E-state index is 0.0736. The number of aryl methyl sites for hydroxylation is 2. The molecule has 3 amide bonds. The van der Waals surface area contributed by atoms with E-state index in [4.69, 9.17) is 9.15 Å². The van der Waals surface area contributed by atoms with Gasteiger partial charge in [-0.05, 0) is 61.5 Å². The average Bonchev–Trinajstić information content (AvgIpc) is 3.40. The zero-order valence-electron chi connectivity index (χ0n) is 19.6. The standard InChI is InChI=1S/C25H21N3O7S/c1-14-4-8-19(15(2)10-14)26-23(29)13-27-24(30)22(36-25(27)31)12-17-6-9-21(35-17)18-7-5-16(34-3)11-20(18)28(32)33/h4-12H,13H2,1-3H3,(H,26,29)/b22-12+. The lowest BCUT2D eigenvalue weighted by Gasteiger charge is -2.13. The van der Waals surface area contributed by atoms with Crippen molar-refractivity contribution in [1.82, 2.24) is 4.90 Å². The van der Waals surface area contributed by atoms with E-state index in [1.54, 1.807) is 12.1 Å². The molecule has 2 heterocycles. The number of nitrogens with one attached hydrogen (secondary N) is 1. The molecule has 0 radical (unpaired) electrons. The fourth-order valence-electron chi connectivity index (χ4n) is 3.63. The number of carbonyl (C=O) groups is 3. The molecule has 1 aliphatic heterocycles. The molecule has 184 valence electrons. The lowest BCUT2D eigenvalue weighted by atomic mass is 10.1. The lowest BCUT2D eigenvalue weighted by Crippen LogP contribution is -2.36. The smallest absolute Gasteiger partial charge is 0.294 e. The first kappa shape index (κ1) is 24.7. The Hall–Kier alpha value is -4.38. The topological polar surface area (TPSA) is 132 Å². The second-order valence-electron chi connectivity index (χ2n) is 7.98. The summed E-state index contributed by atoms with van der Waals surface area (Å²) in [7, 11) is 1.41. The maximum absolute atomic E-state index is 12.8. The summed E-state index contributed by atoms with van der Waals surface area (Å²) in [6, 6.07) is 12.9. The molecular formula is C25H21N3O7S. The summed E-state index contributed by atoms with van der Waals surface area (Å²) in [5.74, 6) is -0.373. The van der Waals surface area contributed by atoms with Crippen LogP contribution in [-0.2, 0) is 9.59 Å².